The van der Waals surface area contributed by atoms with Crippen LogP contribution in [0.4, 0.5) is 0 Å². The van der Waals surface area contributed by atoms with Gasteiger partial charge in [-0.25, -0.2) is 4.79 Å². The Hall–Kier alpha value is -3.22. The highest BCUT2D eigenvalue weighted by Crippen LogP contribution is 2.37. The van der Waals surface area contributed by atoms with Crippen molar-refractivity contribution in [3.63, 3.8) is 0 Å². The molecule has 1 fully saturated rings. The van der Waals surface area contributed by atoms with Crippen LogP contribution in [0.25, 0.3) is 0 Å². The second-order valence-corrected chi connectivity index (χ2v) is 8.15. The van der Waals surface area contributed by atoms with Crippen LogP contribution < -0.4 is 0 Å². The molecule has 11 heteroatoms. The van der Waals surface area contributed by atoms with Crippen LogP contribution in [0.15, 0.2) is 36.4 Å². The molecule has 1 saturated heterocycles. The van der Waals surface area contributed by atoms with Gasteiger partial charge in [-0.3, -0.25) is 4.79 Å². The fourth-order valence-electron chi connectivity index (χ4n) is 4.02. The van der Waals surface area contributed by atoms with Crippen LogP contribution in [-0.2, 0) is 14.2 Å². The largest absolute Gasteiger partial charge is 0.504 e. The number of ether oxygens (including phenoxy) is 3. The quantitative estimate of drug-likeness (QED) is 0.261. The maximum absolute atomic E-state index is 12.3. The Morgan fingerprint density at radius 1 is 1.00 bits per heavy atom. The van der Waals surface area contributed by atoms with Crippen molar-refractivity contribution in [1.29, 1.82) is 0 Å². The molecule has 0 radical (unpaired) electrons. The van der Waals surface area contributed by atoms with Gasteiger partial charge in [-0.15, -0.1) is 0 Å². The number of carbonyl (C=O) groups excluding carboxylic acids is 2. The number of carbonyl (C=O) groups is 2. The number of phenols is 3. The zero-order chi connectivity index (χ0) is 24.6. The molecule has 2 aliphatic rings. The number of esters is 1. The van der Waals surface area contributed by atoms with E-state index in [-0.39, 0.29) is 17.8 Å². The van der Waals surface area contributed by atoms with Crippen molar-refractivity contribution in [2.45, 2.75) is 49.7 Å². The fourth-order valence-corrected chi connectivity index (χ4v) is 4.02. The van der Waals surface area contributed by atoms with Crippen molar-refractivity contribution in [1.82, 2.24) is 0 Å². The molecule has 0 bridgehead atoms. The van der Waals surface area contributed by atoms with E-state index in [1.807, 2.05) is 0 Å². The standard InChI is InChI=1S/C23H24O11/c24-13-5-6-16(12-4-2-1-3-11(12)13)33-23-21(30)20(29)19(28)17(34-23)9-32-22(31)10-7-14(25)18(27)15(26)8-10/h1-4,7-8,16-17,19-21,23,25-30H,5-6,9H2. The normalized spacial score (nSPS) is 28.9. The number of phenolic OH excluding ortho intramolecular Hbond substituents is 3. The maximum Gasteiger partial charge on any atom is 0.338 e. The first-order chi connectivity index (χ1) is 16.2. The summed E-state index contributed by atoms with van der Waals surface area (Å²) in [7, 11) is 0. The molecule has 6 N–H and O–H groups in total. The lowest BCUT2D eigenvalue weighted by molar-refractivity contribution is -0.312. The van der Waals surface area contributed by atoms with Gasteiger partial charge in [0.05, 0.1) is 11.7 Å². The molecule has 11 nitrogen and oxygen atoms in total. The first kappa shape index (κ1) is 23.9. The second-order valence-electron chi connectivity index (χ2n) is 8.15. The minimum Gasteiger partial charge on any atom is -0.504 e. The predicted molar refractivity (Wildman–Crippen MR) is 112 cm³/mol. The van der Waals surface area contributed by atoms with Gasteiger partial charge in [0.25, 0.3) is 0 Å². The number of rotatable bonds is 5. The van der Waals surface area contributed by atoms with E-state index in [2.05, 4.69) is 0 Å². The summed E-state index contributed by atoms with van der Waals surface area (Å²) in [6, 6.07) is 8.61. The SMILES string of the molecule is O=C(OCC1OC(OC2CCC(=O)c3ccccc32)C(O)C(O)C1O)c1cc(O)c(O)c(O)c1. The van der Waals surface area contributed by atoms with Crippen molar-refractivity contribution in [2.24, 2.45) is 0 Å². The Balaban J connectivity index is 1.45. The van der Waals surface area contributed by atoms with Crippen molar-refractivity contribution >= 4 is 11.8 Å². The number of aromatic hydroxyl groups is 3. The average Bonchev–Trinajstić information content (AvgIpc) is 2.83. The van der Waals surface area contributed by atoms with Crippen LogP contribution in [0.5, 0.6) is 17.2 Å². The van der Waals surface area contributed by atoms with Gasteiger partial charge in [-0.05, 0) is 24.1 Å². The lowest BCUT2D eigenvalue weighted by Gasteiger charge is -2.41. The molecule has 6 atom stereocenters. The maximum atomic E-state index is 12.3. The lowest BCUT2D eigenvalue weighted by Crippen LogP contribution is -2.59. The highest BCUT2D eigenvalue weighted by molar-refractivity contribution is 5.98. The highest BCUT2D eigenvalue weighted by Gasteiger charge is 2.46. The number of aliphatic hydroxyl groups is 3. The van der Waals surface area contributed by atoms with Crippen molar-refractivity contribution in [3.8, 4) is 17.2 Å². The van der Waals surface area contributed by atoms with E-state index in [1.54, 1.807) is 24.3 Å². The van der Waals surface area contributed by atoms with Crippen LogP contribution in [0.3, 0.4) is 0 Å². The average molecular weight is 476 g/mol. The third-order valence-corrected chi connectivity index (χ3v) is 5.89. The number of Topliss-reactive ketones (excluding diaryl/α,β-unsaturated/α-hetero) is 1. The van der Waals surface area contributed by atoms with E-state index in [1.165, 1.54) is 0 Å². The third-order valence-electron chi connectivity index (χ3n) is 5.89. The van der Waals surface area contributed by atoms with Gasteiger partial charge in [0, 0.05) is 12.0 Å². The minimum atomic E-state index is -1.68. The molecule has 4 rings (SSSR count). The van der Waals surface area contributed by atoms with Crippen LogP contribution in [0.2, 0.25) is 0 Å². The van der Waals surface area contributed by atoms with Gasteiger partial charge >= 0.3 is 5.97 Å². The number of benzene rings is 2. The lowest BCUT2D eigenvalue weighted by atomic mass is 9.88. The molecule has 0 saturated carbocycles. The van der Waals surface area contributed by atoms with Crippen molar-refractivity contribution < 1.29 is 54.4 Å². The molecule has 1 aliphatic heterocycles. The molecule has 1 heterocycles. The molecule has 0 spiro atoms. The zero-order valence-electron chi connectivity index (χ0n) is 17.8. The van der Waals surface area contributed by atoms with Gasteiger partial charge < -0.3 is 44.8 Å². The Morgan fingerprint density at radius 2 is 1.68 bits per heavy atom. The summed E-state index contributed by atoms with van der Waals surface area (Å²) in [6.45, 7) is -0.564. The Bertz CT molecular complexity index is 1060. The third kappa shape index (κ3) is 4.56. The van der Waals surface area contributed by atoms with E-state index in [4.69, 9.17) is 14.2 Å². The molecular formula is C23H24O11. The molecule has 0 aromatic heterocycles. The van der Waals surface area contributed by atoms with Gasteiger partial charge in [0.1, 0.15) is 31.0 Å². The number of ketones is 1. The van der Waals surface area contributed by atoms with Gasteiger partial charge in [-0.2, -0.15) is 0 Å². The molecule has 2 aromatic rings. The second kappa shape index (κ2) is 9.57. The Kier molecular flexibility index (Phi) is 6.73. The van der Waals surface area contributed by atoms with Gasteiger partial charge in [-0.1, -0.05) is 24.3 Å². The molecule has 6 unspecified atom stereocenters. The summed E-state index contributed by atoms with van der Waals surface area (Å²) in [5.41, 5.74) is 0.829. The summed E-state index contributed by atoms with van der Waals surface area (Å²) in [5.74, 6) is -3.32. The monoisotopic (exact) mass is 476 g/mol. The van der Waals surface area contributed by atoms with Crippen molar-refractivity contribution in [2.75, 3.05) is 6.61 Å². The summed E-state index contributed by atoms with van der Waals surface area (Å²) >= 11 is 0. The number of aliphatic hydroxyl groups excluding tert-OH is 3. The number of hydrogen-bond acceptors (Lipinski definition) is 11. The van der Waals surface area contributed by atoms with E-state index >= 15 is 0 Å². The first-order valence-corrected chi connectivity index (χ1v) is 10.6. The van der Waals surface area contributed by atoms with Crippen LogP contribution in [-0.4, -0.2) is 79.7 Å². The Labute approximate surface area is 193 Å². The molecule has 2 aromatic carbocycles. The summed E-state index contributed by atoms with van der Waals surface area (Å²) < 4.78 is 16.5. The van der Waals surface area contributed by atoms with E-state index in [0.29, 0.717) is 17.5 Å². The van der Waals surface area contributed by atoms with Gasteiger partial charge in [0.15, 0.2) is 29.3 Å². The summed E-state index contributed by atoms with van der Waals surface area (Å²) in [5, 5.41) is 59.5. The Morgan fingerprint density at radius 3 is 2.38 bits per heavy atom. The smallest absolute Gasteiger partial charge is 0.338 e. The molecule has 0 amide bonds. The van der Waals surface area contributed by atoms with E-state index < -0.39 is 66.6 Å². The molecule has 182 valence electrons. The highest BCUT2D eigenvalue weighted by atomic mass is 16.7. The molecular weight excluding hydrogens is 452 g/mol. The number of hydrogen-bond donors (Lipinski definition) is 6. The van der Waals surface area contributed by atoms with Crippen LogP contribution in [0, 0.1) is 0 Å². The summed E-state index contributed by atoms with van der Waals surface area (Å²) in [4.78, 5) is 24.4. The fraction of sp³-hybridized carbons (Fsp3) is 0.391. The molecule has 1 aliphatic carbocycles. The molecule has 34 heavy (non-hydrogen) atoms. The number of fused-ring (bicyclic) bond motifs is 1. The van der Waals surface area contributed by atoms with E-state index in [9.17, 15) is 40.2 Å². The first-order valence-electron chi connectivity index (χ1n) is 10.6. The zero-order valence-corrected chi connectivity index (χ0v) is 17.8. The summed E-state index contributed by atoms with van der Waals surface area (Å²) in [6.07, 6.45) is -7.64. The van der Waals surface area contributed by atoms with Crippen molar-refractivity contribution in [3.05, 3.63) is 53.1 Å². The van der Waals surface area contributed by atoms with E-state index in [0.717, 1.165) is 12.1 Å². The van der Waals surface area contributed by atoms with Gasteiger partial charge in [0.2, 0.25) is 0 Å². The minimum absolute atomic E-state index is 0.0351. The topological polar surface area (TPSA) is 183 Å². The van der Waals surface area contributed by atoms with Crippen LogP contribution >= 0.6 is 0 Å². The van der Waals surface area contributed by atoms with Crippen LogP contribution in [0.1, 0.15) is 45.2 Å². The predicted octanol–water partition coefficient (Wildman–Crippen LogP) is 0.502.